The average molecular weight is 483 g/mol. The zero-order valence-electron chi connectivity index (χ0n) is 19.6. The van der Waals surface area contributed by atoms with Crippen LogP contribution in [-0.2, 0) is 10.2 Å². The highest BCUT2D eigenvalue weighted by Crippen LogP contribution is 2.31. The lowest BCUT2D eigenvalue weighted by Crippen LogP contribution is -2.47. The van der Waals surface area contributed by atoms with Gasteiger partial charge in [-0.1, -0.05) is 44.7 Å². The molecule has 0 aliphatic carbocycles. The van der Waals surface area contributed by atoms with Crippen molar-refractivity contribution in [2.75, 3.05) is 44.3 Å². The van der Waals surface area contributed by atoms with E-state index in [4.69, 9.17) is 0 Å². The van der Waals surface area contributed by atoms with Crippen molar-refractivity contribution in [3.05, 3.63) is 53.6 Å². The largest absolute Gasteiger partial charge is 0.339 e. The first-order valence-corrected chi connectivity index (χ1v) is 12.9. The third-order valence-electron chi connectivity index (χ3n) is 5.81. The Morgan fingerprint density at radius 3 is 2.42 bits per heavy atom. The summed E-state index contributed by atoms with van der Waals surface area (Å²) < 4.78 is 1.86. The van der Waals surface area contributed by atoms with E-state index in [1.807, 2.05) is 47.4 Å². The molecule has 2 amide bonds. The Balaban J connectivity index is 1.37. The molecular weight excluding hydrogens is 452 g/mol. The minimum absolute atomic E-state index is 0.0526. The number of carbonyl (C=O) groups excluding carboxylic acids is 2. The second kappa shape index (κ2) is 9.83. The van der Waals surface area contributed by atoms with Crippen LogP contribution in [-0.4, -0.2) is 65.6 Å². The van der Waals surface area contributed by atoms with Gasteiger partial charge < -0.3 is 15.1 Å². The van der Waals surface area contributed by atoms with Crippen molar-refractivity contribution in [3.8, 4) is 0 Å². The number of nitrogens with one attached hydrogen (secondary N) is 1. The standard InChI is InChI=1S/C25H30N4O2S2/c1-25(2,3)18-7-5-17(6-8-18)23(31)26-19-9-10-20-21(15-19)33-24(27-20)32-16-22(30)29-13-11-28(4)12-14-29/h5-10,15H,11-14,16H2,1-4H3,(H,26,31). The summed E-state index contributed by atoms with van der Waals surface area (Å²) in [4.78, 5) is 34.0. The van der Waals surface area contributed by atoms with E-state index in [1.165, 1.54) is 17.3 Å². The number of nitrogens with zero attached hydrogens (tertiary/aromatic N) is 3. The third-order valence-corrected chi connectivity index (χ3v) is 7.96. The molecule has 0 bridgehead atoms. The van der Waals surface area contributed by atoms with Crippen molar-refractivity contribution < 1.29 is 9.59 Å². The van der Waals surface area contributed by atoms with Crippen LogP contribution < -0.4 is 5.32 Å². The minimum Gasteiger partial charge on any atom is -0.339 e. The lowest BCUT2D eigenvalue weighted by atomic mass is 9.87. The maximum atomic E-state index is 12.7. The lowest BCUT2D eigenvalue weighted by Gasteiger charge is -2.32. The van der Waals surface area contributed by atoms with E-state index in [0.717, 1.165) is 46.4 Å². The summed E-state index contributed by atoms with van der Waals surface area (Å²) >= 11 is 3.03. The van der Waals surface area contributed by atoms with Gasteiger partial charge in [0.25, 0.3) is 5.91 Å². The molecule has 1 saturated heterocycles. The first kappa shape index (κ1) is 23.7. The number of likely N-dealkylation sites (N-methyl/N-ethyl adjacent to an activating group) is 1. The number of carbonyl (C=O) groups is 2. The Kier molecular flexibility index (Phi) is 7.07. The number of hydrogen-bond donors (Lipinski definition) is 1. The summed E-state index contributed by atoms with van der Waals surface area (Å²) in [6.45, 7) is 9.89. The highest BCUT2D eigenvalue weighted by molar-refractivity contribution is 8.01. The van der Waals surface area contributed by atoms with Gasteiger partial charge in [-0.05, 0) is 48.4 Å². The molecule has 1 N–H and O–H groups in total. The zero-order valence-corrected chi connectivity index (χ0v) is 21.2. The van der Waals surface area contributed by atoms with Gasteiger partial charge in [-0.15, -0.1) is 11.3 Å². The molecule has 33 heavy (non-hydrogen) atoms. The molecule has 1 aromatic heterocycles. The van der Waals surface area contributed by atoms with Crippen LogP contribution in [0, 0.1) is 0 Å². The summed E-state index contributed by atoms with van der Waals surface area (Å²) in [5.41, 5.74) is 3.49. The van der Waals surface area contributed by atoms with Gasteiger partial charge in [0.15, 0.2) is 4.34 Å². The molecule has 1 aliphatic rings. The summed E-state index contributed by atoms with van der Waals surface area (Å²) in [6.07, 6.45) is 0. The van der Waals surface area contributed by atoms with E-state index in [2.05, 4.69) is 43.0 Å². The Morgan fingerprint density at radius 1 is 1.06 bits per heavy atom. The van der Waals surface area contributed by atoms with Crippen LogP contribution in [0.3, 0.4) is 0 Å². The minimum atomic E-state index is -0.133. The summed E-state index contributed by atoms with van der Waals surface area (Å²) in [7, 11) is 2.08. The van der Waals surface area contributed by atoms with Crippen LogP contribution in [0.15, 0.2) is 46.8 Å². The van der Waals surface area contributed by atoms with Gasteiger partial charge in [0.2, 0.25) is 5.91 Å². The number of amides is 2. The molecule has 0 unspecified atom stereocenters. The molecule has 0 spiro atoms. The molecule has 0 saturated carbocycles. The van der Waals surface area contributed by atoms with Crippen LogP contribution in [0.1, 0.15) is 36.7 Å². The van der Waals surface area contributed by atoms with Crippen molar-refractivity contribution in [3.63, 3.8) is 0 Å². The Hall–Kier alpha value is -2.42. The quantitative estimate of drug-likeness (QED) is 0.534. The van der Waals surface area contributed by atoms with E-state index in [1.54, 1.807) is 11.3 Å². The number of hydrogen-bond acceptors (Lipinski definition) is 6. The van der Waals surface area contributed by atoms with Crippen LogP contribution in [0.2, 0.25) is 0 Å². The monoisotopic (exact) mass is 482 g/mol. The van der Waals surface area contributed by atoms with Gasteiger partial charge in [0, 0.05) is 37.4 Å². The highest BCUT2D eigenvalue weighted by Gasteiger charge is 2.20. The lowest BCUT2D eigenvalue weighted by molar-refractivity contribution is -0.129. The van der Waals surface area contributed by atoms with Crippen molar-refractivity contribution in [1.82, 2.24) is 14.8 Å². The number of fused-ring (bicyclic) bond motifs is 1. The normalized spacial score (nSPS) is 15.1. The molecule has 2 aromatic carbocycles. The molecule has 174 valence electrons. The summed E-state index contributed by atoms with van der Waals surface area (Å²) in [6, 6.07) is 13.5. The molecular formula is C25H30N4O2S2. The molecule has 0 radical (unpaired) electrons. The van der Waals surface area contributed by atoms with Gasteiger partial charge in [-0.25, -0.2) is 4.98 Å². The fourth-order valence-electron chi connectivity index (χ4n) is 3.64. The Morgan fingerprint density at radius 2 is 1.76 bits per heavy atom. The molecule has 1 fully saturated rings. The SMILES string of the molecule is CN1CCN(C(=O)CSc2nc3ccc(NC(=O)c4ccc(C(C)(C)C)cc4)cc3s2)CC1. The van der Waals surface area contributed by atoms with Gasteiger partial charge in [0.1, 0.15) is 0 Å². The predicted octanol–water partition coefficient (Wildman–Crippen LogP) is 4.71. The first-order chi connectivity index (χ1) is 15.7. The smallest absolute Gasteiger partial charge is 0.255 e. The van der Waals surface area contributed by atoms with Crippen molar-refractivity contribution in [2.24, 2.45) is 0 Å². The average Bonchev–Trinajstić information content (AvgIpc) is 3.19. The van der Waals surface area contributed by atoms with E-state index in [9.17, 15) is 9.59 Å². The number of rotatable bonds is 5. The predicted molar refractivity (Wildman–Crippen MR) is 138 cm³/mol. The van der Waals surface area contributed by atoms with E-state index < -0.39 is 0 Å². The molecule has 6 nitrogen and oxygen atoms in total. The maximum Gasteiger partial charge on any atom is 0.255 e. The molecule has 4 rings (SSSR count). The molecule has 1 aliphatic heterocycles. The fourth-order valence-corrected chi connectivity index (χ4v) is 5.65. The van der Waals surface area contributed by atoms with Crippen molar-refractivity contribution >= 4 is 50.8 Å². The van der Waals surface area contributed by atoms with Gasteiger partial charge in [-0.2, -0.15) is 0 Å². The van der Waals surface area contributed by atoms with Crippen LogP contribution in [0.4, 0.5) is 5.69 Å². The number of aromatic nitrogens is 1. The topological polar surface area (TPSA) is 65.5 Å². The number of piperazine rings is 1. The first-order valence-electron chi connectivity index (χ1n) is 11.1. The zero-order chi connectivity index (χ0) is 23.6. The van der Waals surface area contributed by atoms with Crippen molar-refractivity contribution in [2.45, 2.75) is 30.5 Å². The van der Waals surface area contributed by atoms with Crippen molar-refractivity contribution in [1.29, 1.82) is 0 Å². The summed E-state index contributed by atoms with van der Waals surface area (Å²) in [5, 5.41) is 2.98. The number of thiazole rings is 1. The second-order valence-corrected chi connectivity index (χ2v) is 11.7. The molecule has 2 heterocycles. The second-order valence-electron chi connectivity index (χ2n) is 9.42. The number of benzene rings is 2. The van der Waals surface area contributed by atoms with E-state index in [-0.39, 0.29) is 17.2 Å². The van der Waals surface area contributed by atoms with Gasteiger partial charge in [-0.3, -0.25) is 9.59 Å². The van der Waals surface area contributed by atoms with E-state index >= 15 is 0 Å². The third kappa shape index (κ3) is 5.93. The molecule has 8 heteroatoms. The van der Waals surface area contributed by atoms with Gasteiger partial charge in [0.05, 0.1) is 16.0 Å². The number of thioether (sulfide) groups is 1. The number of anilines is 1. The van der Waals surface area contributed by atoms with Gasteiger partial charge >= 0.3 is 0 Å². The van der Waals surface area contributed by atoms with Crippen LogP contribution >= 0.6 is 23.1 Å². The van der Waals surface area contributed by atoms with Crippen LogP contribution in [0.25, 0.3) is 10.2 Å². The molecule has 0 atom stereocenters. The molecule has 3 aromatic rings. The van der Waals surface area contributed by atoms with Crippen LogP contribution in [0.5, 0.6) is 0 Å². The Bertz CT molecular complexity index is 1140. The Labute approximate surface area is 203 Å². The summed E-state index contributed by atoms with van der Waals surface area (Å²) in [5.74, 6) is 0.432. The maximum absolute atomic E-state index is 12.7. The fraction of sp³-hybridized carbons (Fsp3) is 0.400. The van der Waals surface area contributed by atoms with E-state index in [0.29, 0.717) is 11.3 Å². The highest BCUT2D eigenvalue weighted by atomic mass is 32.2.